The highest BCUT2D eigenvalue weighted by molar-refractivity contribution is 6.31. The van der Waals surface area contributed by atoms with Gasteiger partial charge < -0.3 is 9.15 Å². The molecule has 22 heavy (non-hydrogen) atoms. The quantitative estimate of drug-likeness (QED) is 0.506. The van der Waals surface area contributed by atoms with Crippen LogP contribution in [0.15, 0.2) is 57.7 Å². The maximum atomic E-state index is 12.1. The number of rotatable bonds is 1. The van der Waals surface area contributed by atoms with E-state index in [1.165, 1.54) is 7.11 Å². The second-order valence-corrected chi connectivity index (χ2v) is 4.99. The minimum absolute atomic E-state index is 0.182. The van der Waals surface area contributed by atoms with Crippen LogP contribution >= 0.6 is 11.6 Å². The van der Waals surface area contributed by atoms with Crippen LogP contribution in [0.3, 0.4) is 0 Å². The van der Waals surface area contributed by atoms with Gasteiger partial charge in [-0.1, -0.05) is 41.6 Å². The van der Waals surface area contributed by atoms with Crippen LogP contribution in [0.2, 0.25) is 5.02 Å². The van der Waals surface area contributed by atoms with E-state index >= 15 is 0 Å². The van der Waals surface area contributed by atoms with E-state index in [2.05, 4.69) is 11.8 Å². The number of fused-ring (bicyclic) bond motifs is 1. The van der Waals surface area contributed by atoms with E-state index in [9.17, 15) is 4.79 Å². The van der Waals surface area contributed by atoms with Gasteiger partial charge in [-0.3, -0.25) is 0 Å². The van der Waals surface area contributed by atoms with Gasteiger partial charge in [0.05, 0.1) is 12.5 Å². The van der Waals surface area contributed by atoms with Crippen LogP contribution in [0.25, 0.3) is 11.0 Å². The first-order valence-corrected chi connectivity index (χ1v) is 6.94. The molecular formula is C18H11ClO3. The van der Waals surface area contributed by atoms with Crippen LogP contribution in [-0.2, 0) is 0 Å². The van der Waals surface area contributed by atoms with Gasteiger partial charge in [-0.2, -0.15) is 0 Å². The van der Waals surface area contributed by atoms with Crippen LogP contribution < -0.4 is 10.4 Å². The summed E-state index contributed by atoms with van der Waals surface area (Å²) in [6.07, 6.45) is 0. The van der Waals surface area contributed by atoms with Gasteiger partial charge in [0, 0.05) is 10.6 Å². The van der Waals surface area contributed by atoms with Gasteiger partial charge in [-0.25, -0.2) is 4.79 Å². The lowest BCUT2D eigenvalue weighted by atomic mass is 10.1. The molecule has 0 aliphatic rings. The molecule has 0 spiro atoms. The van der Waals surface area contributed by atoms with Gasteiger partial charge in [0.15, 0.2) is 11.3 Å². The molecule has 4 heteroatoms. The molecule has 0 bridgehead atoms. The van der Waals surface area contributed by atoms with Gasteiger partial charge >= 0.3 is 5.63 Å². The molecule has 3 rings (SSSR count). The van der Waals surface area contributed by atoms with E-state index in [1.807, 2.05) is 30.3 Å². The Labute approximate surface area is 132 Å². The SMILES string of the molecule is COc1c(C#Cc2ccccc2)c(=O)oc2ccc(Cl)cc12. The largest absolute Gasteiger partial charge is 0.494 e. The third-order valence-corrected chi connectivity index (χ3v) is 3.36. The van der Waals surface area contributed by atoms with Crippen LogP contribution in [0.5, 0.6) is 5.75 Å². The molecule has 0 unspecified atom stereocenters. The number of benzene rings is 2. The zero-order chi connectivity index (χ0) is 15.5. The summed E-state index contributed by atoms with van der Waals surface area (Å²) in [7, 11) is 1.49. The number of hydrogen-bond donors (Lipinski definition) is 0. The fraction of sp³-hybridized carbons (Fsp3) is 0.0556. The third kappa shape index (κ3) is 2.69. The smallest absolute Gasteiger partial charge is 0.356 e. The summed E-state index contributed by atoms with van der Waals surface area (Å²) in [5, 5.41) is 1.15. The molecule has 1 aromatic heterocycles. The molecule has 108 valence electrons. The van der Waals surface area contributed by atoms with Crippen LogP contribution in [0, 0.1) is 11.8 Å². The van der Waals surface area contributed by atoms with Crippen molar-refractivity contribution < 1.29 is 9.15 Å². The fourth-order valence-electron chi connectivity index (χ4n) is 2.12. The Hall–Kier alpha value is -2.70. The molecule has 0 aliphatic carbocycles. The molecule has 3 nitrogen and oxygen atoms in total. The number of hydrogen-bond acceptors (Lipinski definition) is 3. The first-order chi connectivity index (χ1) is 10.7. The molecule has 0 fully saturated rings. The Bertz CT molecular complexity index is 947. The molecule has 1 heterocycles. The summed E-state index contributed by atoms with van der Waals surface area (Å²) in [4.78, 5) is 12.1. The molecule has 0 aliphatic heterocycles. The Morgan fingerprint density at radius 3 is 2.59 bits per heavy atom. The number of ether oxygens (including phenoxy) is 1. The van der Waals surface area contributed by atoms with Gasteiger partial charge in [-0.15, -0.1) is 0 Å². The van der Waals surface area contributed by atoms with Crippen molar-refractivity contribution in [2.75, 3.05) is 7.11 Å². The molecule has 3 aromatic rings. The van der Waals surface area contributed by atoms with Crippen molar-refractivity contribution in [1.82, 2.24) is 0 Å². The highest BCUT2D eigenvalue weighted by Crippen LogP contribution is 2.29. The Balaban J connectivity index is 2.23. The lowest BCUT2D eigenvalue weighted by Gasteiger charge is -2.06. The molecule has 0 radical (unpaired) electrons. The van der Waals surface area contributed by atoms with Gasteiger partial charge in [0.2, 0.25) is 0 Å². The lowest BCUT2D eigenvalue weighted by molar-refractivity contribution is 0.411. The van der Waals surface area contributed by atoms with Crippen molar-refractivity contribution in [2.45, 2.75) is 0 Å². The highest BCUT2D eigenvalue weighted by atomic mass is 35.5. The van der Waals surface area contributed by atoms with Crippen molar-refractivity contribution >= 4 is 22.6 Å². The maximum Gasteiger partial charge on any atom is 0.356 e. The minimum Gasteiger partial charge on any atom is -0.494 e. The van der Waals surface area contributed by atoms with E-state index in [0.717, 1.165) is 5.56 Å². The predicted molar refractivity (Wildman–Crippen MR) is 86.5 cm³/mol. The molecule has 0 saturated carbocycles. The van der Waals surface area contributed by atoms with Crippen LogP contribution in [0.4, 0.5) is 0 Å². The summed E-state index contributed by atoms with van der Waals surface area (Å²) < 4.78 is 10.6. The Morgan fingerprint density at radius 1 is 1.09 bits per heavy atom. The minimum atomic E-state index is -0.532. The second kappa shape index (κ2) is 5.97. The van der Waals surface area contributed by atoms with Crippen molar-refractivity contribution in [2.24, 2.45) is 0 Å². The first-order valence-electron chi connectivity index (χ1n) is 6.56. The standard InChI is InChI=1S/C18H11ClO3/c1-21-17-14(9-7-12-5-3-2-4-6-12)18(20)22-16-10-8-13(19)11-15(16)17/h2-6,8,10-11H,1H3. The third-order valence-electron chi connectivity index (χ3n) is 3.13. The average molecular weight is 311 g/mol. The summed E-state index contributed by atoms with van der Waals surface area (Å²) in [6.45, 7) is 0. The van der Waals surface area contributed by atoms with E-state index < -0.39 is 5.63 Å². The average Bonchev–Trinajstić information content (AvgIpc) is 2.54. The molecule has 0 atom stereocenters. The van der Waals surface area contributed by atoms with Crippen molar-refractivity contribution in [1.29, 1.82) is 0 Å². The first kappa shape index (κ1) is 14.2. The zero-order valence-electron chi connectivity index (χ0n) is 11.7. The summed E-state index contributed by atoms with van der Waals surface area (Å²) in [5.74, 6) is 6.14. The monoisotopic (exact) mass is 310 g/mol. The van der Waals surface area contributed by atoms with E-state index in [-0.39, 0.29) is 5.56 Å². The van der Waals surface area contributed by atoms with Crippen LogP contribution in [0.1, 0.15) is 11.1 Å². The predicted octanol–water partition coefficient (Wildman–Crippen LogP) is 3.85. The topological polar surface area (TPSA) is 39.4 Å². The lowest BCUT2D eigenvalue weighted by Crippen LogP contribution is -2.07. The molecule has 0 amide bonds. The van der Waals surface area contributed by atoms with Gasteiger partial charge in [-0.05, 0) is 30.3 Å². The van der Waals surface area contributed by atoms with E-state index in [0.29, 0.717) is 21.7 Å². The van der Waals surface area contributed by atoms with Crippen molar-refractivity contribution in [3.05, 3.63) is 75.1 Å². The van der Waals surface area contributed by atoms with Crippen LogP contribution in [-0.4, -0.2) is 7.11 Å². The molecular weight excluding hydrogens is 300 g/mol. The normalized spacial score (nSPS) is 10.1. The van der Waals surface area contributed by atoms with E-state index in [4.69, 9.17) is 20.8 Å². The second-order valence-electron chi connectivity index (χ2n) is 4.55. The summed E-state index contributed by atoms with van der Waals surface area (Å²) >= 11 is 6.00. The fourth-order valence-corrected chi connectivity index (χ4v) is 2.29. The summed E-state index contributed by atoms with van der Waals surface area (Å²) in [5.41, 5.74) is 0.864. The highest BCUT2D eigenvalue weighted by Gasteiger charge is 2.14. The molecule has 0 saturated heterocycles. The van der Waals surface area contributed by atoms with Gasteiger partial charge in [0.25, 0.3) is 0 Å². The van der Waals surface area contributed by atoms with Crippen molar-refractivity contribution in [3.63, 3.8) is 0 Å². The zero-order valence-corrected chi connectivity index (χ0v) is 12.5. The molecule has 0 N–H and O–H groups in total. The van der Waals surface area contributed by atoms with E-state index in [1.54, 1.807) is 18.2 Å². The van der Waals surface area contributed by atoms with Crippen molar-refractivity contribution in [3.8, 4) is 17.6 Å². The summed E-state index contributed by atoms with van der Waals surface area (Å²) in [6, 6.07) is 14.4. The maximum absolute atomic E-state index is 12.1. The Morgan fingerprint density at radius 2 is 1.86 bits per heavy atom. The Kier molecular flexibility index (Phi) is 3.86. The number of halogens is 1. The number of methoxy groups -OCH3 is 1. The van der Waals surface area contributed by atoms with Gasteiger partial charge in [0.1, 0.15) is 5.58 Å². The molecule has 2 aromatic carbocycles.